The van der Waals surface area contributed by atoms with Crippen molar-refractivity contribution in [2.75, 3.05) is 51.6 Å². The van der Waals surface area contributed by atoms with Crippen molar-refractivity contribution < 1.29 is 23.9 Å². The van der Waals surface area contributed by atoms with Crippen molar-refractivity contribution in [2.24, 2.45) is 0 Å². The van der Waals surface area contributed by atoms with Gasteiger partial charge in [0, 0.05) is 64.0 Å². The number of nitrogens with zero attached hydrogens (tertiary/aromatic N) is 4. The Morgan fingerprint density at radius 2 is 1.65 bits per heavy atom. The predicted molar refractivity (Wildman–Crippen MR) is 185 cm³/mol. The largest absolute Gasteiger partial charge is 0.418 e. The van der Waals surface area contributed by atoms with Crippen LogP contribution in [0, 0.1) is 0 Å². The summed E-state index contributed by atoms with van der Waals surface area (Å²) in [5, 5.41) is 8.51. The van der Waals surface area contributed by atoms with Gasteiger partial charge in [-0.1, -0.05) is 44.0 Å². The normalized spacial score (nSPS) is 20.7. The Hall–Kier alpha value is -4.06. The highest BCUT2D eigenvalue weighted by Gasteiger charge is 2.35. The number of benzene rings is 1. The molecule has 1 aromatic carbocycles. The number of nitrogens with one attached hydrogen (secondary N) is 3. The third kappa shape index (κ3) is 9.30. The van der Waals surface area contributed by atoms with E-state index >= 15 is 0 Å². The second kappa shape index (κ2) is 17.4. The Bertz CT molecular complexity index is 1330. The fourth-order valence-electron chi connectivity index (χ4n) is 7.32. The molecule has 0 aliphatic carbocycles. The molecule has 48 heavy (non-hydrogen) atoms. The average molecular weight is 664 g/mol. The second-order valence-electron chi connectivity index (χ2n) is 13.3. The number of rotatable bonds is 10. The Labute approximate surface area is 284 Å². The summed E-state index contributed by atoms with van der Waals surface area (Å²) in [6.45, 7) is 7.22. The Balaban J connectivity index is 1.23. The van der Waals surface area contributed by atoms with E-state index < -0.39 is 12.1 Å². The number of hydrogen-bond donors (Lipinski definition) is 3. The van der Waals surface area contributed by atoms with Gasteiger partial charge >= 0.3 is 18.2 Å². The van der Waals surface area contributed by atoms with E-state index in [9.17, 15) is 19.2 Å². The molecule has 12 heteroatoms. The molecule has 3 fully saturated rings. The second-order valence-corrected chi connectivity index (χ2v) is 13.3. The molecule has 262 valence electrons. The number of hydrogen-bond acceptors (Lipinski definition) is 6. The zero-order valence-corrected chi connectivity index (χ0v) is 28.6. The first-order chi connectivity index (χ1) is 23.4. The van der Waals surface area contributed by atoms with Crippen LogP contribution in [0.3, 0.4) is 0 Å². The van der Waals surface area contributed by atoms with Crippen molar-refractivity contribution in [3.8, 4) is 0 Å². The smallest absolute Gasteiger partial charge is 0.411 e. The third-order valence-corrected chi connectivity index (χ3v) is 10.1. The number of likely N-dealkylation sites (tertiary alicyclic amines) is 3. The number of unbranched alkanes of at least 4 members (excludes halogenated alkanes) is 1. The summed E-state index contributed by atoms with van der Waals surface area (Å²) in [7, 11) is 1.49. The molecule has 1 aromatic rings. The van der Waals surface area contributed by atoms with Crippen molar-refractivity contribution in [1.82, 2.24) is 30.2 Å². The minimum absolute atomic E-state index is 0.0232. The van der Waals surface area contributed by atoms with E-state index in [1.807, 2.05) is 40.1 Å². The molecule has 1 unspecified atom stereocenters. The number of carbonyl (C=O) groups excluding carboxylic acids is 4. The molecule has 0 radical (unpaired) electrons. The van der Waals surface area contributed by atoms with Crippen LogP contribution in [0.25, 0.3) is 0 Å². The van der Waals surface area contributed by atoms with Crippen molar-refractivity contribution in [1.29, 1.82) is 0 Å². The number of piperidine rings is 3. The summed E-state index contributed by atoms with van der Waals surface area (Å²) >= 11 is 0. The Kier molecular flexibility index (Phi) is 12.8. The summed E-state index contributed by atoms with van der Waals surface area (Å²) in [6.07, 6.45) is 13.5. The summed E-state index contributed by atoms with van der Waals surface area (Å²) in [6, 6.07) is 7.22. The van der Waals surface area contributed by atoms with Crippen LogP contribution >= 0.6 is 0 Å². The fourth-order valence-corrected chi connectivity index (χ4v) is 7.32. The van der Waals surface area contributed by atoms with E-state index in [1.165, 1.54) is 32.6 Å². The minimum atomic E-state index is -0.765. The molecule has 1 atom stereocenters. The van der Waals surface area contributed by atoms with Crippen LogP contribution in [-0.4, -0.2) is 108 Å². The molecule has 5 rings (SSSR count). The first-order valence-electron chi connectivity index (χ1n) is 17.8. The van der Waals surface area contributed by atoms with Gasteiger partial charge in [-0.25, -0.2) is 14.4 Å². The number of para-hydroxylation sites is 1. The number of alkyl carbamates (subject to hydrolysis) is 1. The zero-order valence-electron chi connectivity index (χ0n) is 28.6. The lowest BCUT2D eigenvalue weighted by atomic mass is 9.98. The van der Waals surface area contributed by atoms with Crippen LogP contribution in [0.5, 0.6) is 0 Å². The monoisotopic (exact) mass is 663 g/mol. The number of fused-ring (bicyclic) bond motifs is 1. The fraction of sp³-hybridized carbons (Fsp3) is 0.611. The lowest BCUT2D eigenvalue weighted by molar-refractivity contribution is -0.134. The lowest BCUT2D eigenvalue weighted by Gasteiger charge is -2.42. The molecule has 6 amide bonds. The Morgan fingerprint density at radius 3 is 2.35 bits per heavy atom. The topological polar surface area (TPSA) is 127 Å². The third-order valence-electron chi connectivity index (χ3n) is 10.1. The van der Waals surface area contributed by atoms with Crippen LogP contribution in [0.1, 0.15) is 76.7 Å². The van der Waals surface area contributed by atoms with Crippen molar-refractivity contribution in [3.05, 3.63) is 53.8 Å². The number of allylic oxidation sites excluding steroid dienone is 2. The van der Waals surface area contributed by atoms with Gasteiger partial charge in [0.1, 0.15) is 6.04 Å². The quantitative estimate of drug-likeness (QED) is 0.238. The molecule has 4 aliphatic rings. The first kappa shape index (κ1) is 35.3. The molecule has 4 heterocycles. The Morgan fingerprint density at radius 1 is 0.958 bits per heavy atom. The maximum Gasteiger partial charge on any atom is 0.411 e. The van der Waals surface area contributed by atoms with Crippen LogP contribution in [0.15, 0.2) is 48.3 Å². The van der Waals surface area contributed by atoms with Crippen LogP contribution in [0.2, 0.25) is 0 Å². The van der Waals surface area contributed by atoms with Gasteiger partial charge in [0.25, 0.3) is 0 Å². The van der Waals surface area contributed by atoms with Gasteiger partial charge in [0.15, 0.2) is 0 Å². The van der Waals surface area contributed by atoms with Crippen LogP contribution < -0.4 is 16.0 Å². The molecule has 0 bridgehead atoms. The van der Waals surface area contributed by atoms with Crippen molar-refractivity contribution >= 4 is 29.8 Å². The summed E-state index contributed by atoms with van der Waals surface area (Å²) in [4.78, 5) is 60.5. The molecule has 0 spiro atoms. The van der Waals surface area contributed by atoms with E-state index in [-0.39, 0.29) is 30.4 Å². The van der Waals surface area contributed by atoms with Gasteiger partial charge in [-0.2, -0.15) is 0 Å². The lowest BCUT2D eigenvalue weighted by Crippen LogP contribution is -2.57. The van der Waals surface area contributed by atoms with E-state index in [0.717, 1.165) is 55.6 Å². The van der Waals surface area contributed by atoms with E-state index in [1.54, 1.807) is 11.0 Å². The molecule has 3 saturated heterocycles. The molecule has 0 aromatic heterocycles. The zero-order chi connectivity index (χ0) is 33.9. The van der Waals surface area contributed by atoms with E-state index in [4.69, 9.17) is 4.74 Å². The molecule has 0 saturated carbocycles. The molecular formula is C36H53N7O5. The first-order valence-corrected chi connectivity index (χ1v) is 17.8. The van der Waals surface area contributed by atoms with Crippen molar-refractivity contribution in [2.45, 2.75) is 95.8 Å². The van der Waals surface area contributed by atoms with Gasteiger partial charge in [0.2, 0.25) is 5.91 Å². The predicted octanol–water partition coefficient (Wildman–Crippen LogP) is 5.04. The maximum atomic E-state index is 14.1. The number of carbonyl (C=O) groups is 4. The van der Waals surface area contributed by atoms with Crippen molar-refractivity contribution in [3.63, 3.8) is 0 Å². The number of urea groups is 2. The van der Waals surface area contributed by atoms with E-state index in [2.05, 4.69) is 27.8 Å². The minimum Gasteiger partial charge on any atom is -0.418 e. The van der Waals surface area contributed by atoms with Crippen LogP contribution in [0.4, 0.5) is 20.1 Å². The highest BCUT2D eigenvalue weighted by molar-refractivity contribution is 5.92. The number of anilines is 1. The number of ether oxygens (including phenoxy) is 1. The SMILES string of the molecule is CCC/C=C(\C=C\OC(=O)NC)CC(NC(=O)N1CCC(N2Cc3ccccc3NC2=O)CC1)C(=O)N1CCC(N2CCCCC2)CC1. The van der Waals surface area contributed by atoms with E-state index in [0.29, 0.717) is 51.6 Å². The summed E-state index contributed by atoms with van der Waals surface area (Å²) < 4.78 is 5.09. The van der Waals surface area contributed by atoms with Gasteiger partial charge in [-0.3, -0.25) is 4.79 Å². The summed E-state index contributed by atoms with van der Waals surface area (Å²) in [5.74, 6) is -0.0815. The molecule has 3 N–H and O–H groups in total. The molecule has 12 nitrogen and oxygen atoms in total. The number of amides is 6. The van der Waals surface area contributed by atoms with Crippen LogP contribution in [-0.2, 0) is 16.1 Å². The molecular weight excluding hydrogens is 610 g/mol. The van der Waals surface area contributed by atoms with Gasteiger partial charge < -0.3 is 40.3 Å². The summed E-state index contributed by atoms with van der Waals surface area (Å²) in [5.41, 5.74) is 2.75. The maximum absolute atomic E-state index is 14.1. The highest BCUT2D eigenvalue weighted by Crippen LogP contribution is 2.28. The highest BCUT2D eigenvalue weighted by atomic mass is 16.5. The van der Waals surface area contributed by atoms with Gasteiger partial charge in [-0.05, 0) is 81.3 Å². The van der Waals surface area contributed by atoms with Gasteiger partial charge in [-0.15, -0.1) is 0 Å². The molecule has 4 aliphatic heterocycles. The standard InChI is InChI=1S/C36H53N7O5/c1-3-4-10-27(17-24-48-36(47)37-2)25-32(33(44)41-20-13-29(14-21-41)40-18-8-5-9-19-40)39-34(45)42-22-15-30(16-23-42)43-26-28-11-6-7-12-31(28)38-35(43)46/h6-7,10-12,17,24,29-30,32H,3-5,8-9,13-16,18-23,25-26H2,1-2H3,(H,37,47)(H,38,46)(H,39,45)/b24-17+,27-10+. The average Bonchev–Trinajstić information content (AvgIpc) is 3.13. The van der Waals surface area contributed by atoms with Gasteiger partial charge in [0.05, 0.1) is 6.26 Å².